The third kappa shape index (κ3) is 4.16. The van der Waals surface area contributed by atoms with Gasteiger partial charge in [-0.2, -0.15) is 0 Å². The summed E-state index contributed by atoms with van der Waals surface area (Å²) in [7, 11) is 0. The summed E-state index contributed by atoms with van der Waals surface area (Å²) in [5.74, 6) is 0.329. The number of benzene rings is 1. The minimum absolute atomic E-state index is 0.0800. The van der Waals surface area contributed by atoms with E-state index in [0.717, 1.165) is 10.0 Å². The molecule has 0 aliphatic heterocycles. The first-order valence-electron chi connectivity index (χ1n) is 5.48. The highest BCUT2D eigenvalue weighted by atomic mass is 79.9. The van der Waals surface area contributed by atoms with Gasteiger partial charge in [0.15, 0.2) is 6.61 Å². The molecule has 4 nitrogen and oxygen atoms in total. The van der Waals surface area contributed by atoms with Crippen LogP contribution in [0.1, 0.15) is 11.1 Å². The van der Waals surface area contributed by atoms with Crippen LogP contribution in [0.5, 0.6) is 5.75 Å². The number of aryl methyl sites for hydroxylation is 1. The highest BCUT2D eigenvalue weighted by Gasteiger charge is 2.10. The highest BCUT2D eigenvalue weighted by molar-refractivity contribution is 9.10. The number of rotatable bonds is 6. The molecule has 0 aliphatic carbocycles. The van der Waals surface area contributed by atoms with Crippen LogP contribution in [0.4, 0.5) is 0 Å². The highest BCUT2D eigenvalue weighted by Crippen LogP contribution is 2.28. The number of carbonyl (C=O) groups is 1. The first-order chi connectivity index (χ1) is 8.58. The van der Waals surface area contributed by atoms with Crippen molar-refractivity contribution in [3.8, 4) is 5.75 Å². The van der Waals surface area contributed by atoms with Crippen LogP contribution in [0.2, 0.25) is 0 Å². The Labute approximate surface area is 115 Å². The summed E-state index contributed by atoms with van der Waals surface area (Å²) in [6.45, 7) is 5.57. The number of carbonyl (C=O) groups excluding carboxylic acids is 1. The lowest BCUT2D eigenvalue weighted by Gasteiger charge is -2.13. The van der Waals surface area contributed by atoms with Gasteiger partial charge in [-0.05, 0) is 24.6 Å². The zero-order valence-electron chi connectivity index (χ0n) is 10.2. The lowest BCUT2D eigenvalue weighted by Crippen LogP contribution is -2.29. The van der Waals surface area contributed by atoms with Gasteiger partial charge in [0, 0.05) is 16.6 Å². The minimum atomic E-state index is -0.221. The topological polar surface area (TPSA) is 58.6 Å². The maximum atomic E-state index is 11.4. The van der Waals surface area contributed by atoms with Crippen molar-refractivity contribution in [3.05, 3.63) is 40.4 Å². The lowest BCUT2D eigenvalue weighted by molar-refractivity contribution is -0.122. The molecule has 1 rings (SSSR count). The van der Waals surface area contributed by atoms with Crippen LogP contribution in [-0.4, -0.2) is 24.2 Å². The van der Waals surface area contributed by atoms with Crippen molar-refractivity contribution in [1.29, 1.82) is 0 Å². The monoisotopic (exact) mass is 313 g/mol. The first-order valence-corrected chi connectivity index (χ1v) is 6.28. The number of amides is 1. The van der Waals surface area contributed by atoms with Gasteiger partial charge in [0.25, 0.3) is 5.91 Å². The Kier molecular flexibility index (Phi) is 5.88. The number of hydrogen-bond donors (Lipinski definition) is 2. The Morgan fingerprint density at radius 1 is 1.61 bits per heavy atom. The van der Waals surface area contributed by atoms with E-state index in [9.17, 15) is 9.90 Å². The molecule has 0 atom stereocenters. The summed E-state index contributed by atoms with van der Waals surface area (Å²) < 4.78 is 6.31. The third-order valence-electron chi connectivity index (χ3n) is 2.28. The standard InChI is InChI=1S/C13H16BrNO3/c1-3-4-15-12(17)8-18-13-9(2)5-11(14)6-10(13)7-16/h3,5-6,16H,1,4,7-8H2,2H3,(H,15,17). The van der Waals surface area contributed by atoms with E-state index >= 15 is 0 Å². The molecule has 18 heavy (non-hydrogen) atoms. The van der Waals surface area contributed by atoms with Gasteiger partial charge < -0.3 is 15.2 Å². The fourth-order valence-electron chi connectivity index (χ4n) is 1.50. The van der Waals surface area contributed by atoms with Crippen molar-refractivity contribution >= 4 is 21.8 Å². The van der Waals surface area contributed by atoms with Crippen molar-refractivity contribution in [2.75, 3.05) is 13.2 Å². The second kappa shape index (κ2) is 7.18. The van der Waals surface area contributed by atoms with Gasteiger partial charge in [0.1, 0.15) is 5.75 Å². The molecule has 0 spiro atoms. The van der Waals surface area contributed by atoms with E-state index in [1.54, 1.807) is 12.1 Å². The quantitative estimate of drug-likeness (QED) is 0.789. The molecule has 0 unspecified atom stereocenters. The molecule has 0 heterocycles. The molecule has 1 amide bonds. The van der Waals surface area contributed by atoms with E-state index in [4.69, 9.17) is 4.74 Å². The zero-order chi connectivity index (χ0) is 13.5. The molecule has 1 aromatic rings. The van der Waals surface area contributed by atoms with E-state index in [-0.39, 0.29) is 19.1 Å². The van der Waals surface area contributed by atoms with E-state index in [1.807, 2.05) is 13.0 Å². The molecule has 0 aliphatic rings. The van der Waals surface area contributed by atoms with Gasteiger partial charge in [-0.3, -0.25) is 4.79 Å². The predicted octanol–water partition coefficient (Wildman–Crippen LogP) is 1.93. The summed E-state index contributed by atoms with van der Waals surface area (Å²) in [5, 5.41) is 11.9. The SMILES string of the molecule is C=CCNC(=O)COc1c(C)cc(Br)cc1CO. The molecule has 0 saturated carbocycles. The Bertz CT molecular complexity index is 446. The Morgan fingerprint density at radius 2 is 2.33 bits per heavy atom. The average molecular weight is 314 g/mol. The largest absolute Gasteiger partial charge is 0.483 e. The number of halogens is 1. The van der Waals surface area contributed by atoms with Crippen LogP contribution in [0.25, 0.3) is 0 Å². The molecule has 0 radical (unpaired) electrons. The number of aliphatic hydroxyl groups excluding tert-OH is 1. The van der Waals surface area contributed by atoms with Gasteiger partial charge >= 0.3 is 0 Å². The van der Waals surface area contributed by atoms with E-state index < -0.39 is 0 Å². The lowest BCUT2D eigenvalue weighted by atomic mass is 10.1. The summed E-state index contributed by atoms with van der Waals surface area (Å²) in [6.07, 6.45) is 1.60. The van der Waals surface area contributed by atoms with Crippen LogP contribution >= 0.6 is 15.9 Å². The molecule has 1 aromatic carbocycles. The maximum absolute atomic E-state index is 11.4. The molecular weight excluding hydrogens is 298 g/mol. The van der Waals surface area contributed by atoms with E-state index in [0.29, 0.717) is 17.9 Å². The molecule has 5 heteroatoms. The van der Waals surface area contributed by atoms with Gasteiger partial charge in [-0.25, -0.2) is 0 Å². The predicted molar refractivity (Wildman–Crippen MR) is 73.5 cm³/mol. The molecule has 98 valence electrons. The molecule has 2 N–H and O–H groups in total. The summed E-state index contributed by atoms with van der Waals surface area (Å²) in [4.78, 5) is 11.4. The molecular formula is C13H16BrNO3. The fraction of sp³-hybridized carbons (Fsp3) is 0.308. The number of aliphatic hydroxyl groups is 1. The zero-order valence-corrected chi connectivity index (χ0v) is 11.8. The van der Waals surface area contributed by atoms with Gasteiger partial charge in [-0.15, -0.1) is 6.58 Å². The smallest absolute Gasteiger partial charge is 0.258 e. The van der Waals surface area contributed by atoms with Crippen LogP contribution in [0, 0.1) is 6.92 Å². The van der Waals surface area contributed by atoms with Gasteiger partial charge in [0.05, 0.1) is 6.61 Å². The van der Waals surface area contributed by atoms with Gasteiger partial charge in [-0.1, -0.05) is 22.0 Å². The second-order valence-electron chi connectivity index (χ2n) is 3.75. The second-order valence-corrected chi connectivity index (χ2v) is 4.67. The van der Waals surface area contributed by atoms with Crippen molar-refractivity contribution in [2.45, 2.75) is 13.5 Å². The number of nitrogens with one attached hydrogen (secondary N) is 1. The molecule has 0 aromatic heterocycles. The summed E-state index contributed by atoms with van der Waals surface area (Å²) in [6, 6.07) is 3.64. The number of ether oxygens (including phenoxy) is 1. The molecule has 0 fully saturated rings. The maximum Gasteiger partial charge on any atom is 0.258 e. The fourth-order valence-corrected chi connectivity index (χ4v) is 2.12. The van der Waals surface area contributed by atoms with Crippen molar-refractivity contribution < 1.29 is 14.6 Å². The third-order valence-corrected chi connectivity index (χ3v) is 2.74. The van der Waals surface area contributed by atoms with Crippen LogP contribution < -0.4 is 10.1 Å². The van der Waals surface area contributed by atoms with Gasteiger partial charge in [0.2, 0.25) is 0 Å². The number of hydrogen-bond acceptors (Lipinski definition) is 3. The molecule has 0 bridgehead atoms. The van der Waals surface area contributed by atoms with Crippen LogP contribution in [-0.2, 0) is 11.4 Å². The van der Waals surface area contributed by atoms with Crippen LogP contribution in [0.15, 0.2) is 29.3 Å². The Morgan fingerprint density at radius 3 is 2.94 bits per heavy atom. The Balaban J connectivity index is 2.72. The first kappa shape index (κ1) is 14.7. The van der Waals surface area contributed by atoms with Crippen molar-refractivity contribution in [1.82, 2.24) is 5.32 Å². The van der Waals surface area contributed by atoms with E-state index in [2.05, 4.69) is 27.8 Å². The Hall–Kier alpha value is -1.33. The minimum Gasteiger partial charge on any atom is -0.483 e. The van der Waals surface area contributed by atoms with E-state index in [1.165, 1.54) is 0 Å². The summed E-state index contributed by atoms with van der Waals surface area (Å²) >= 11 is 3.35. The average Bonchev–Trinajstić information content (AvgIpc) is 2.34. The van der Waals surface area contributed by atoms with Crippen molar-refractivity contribution in [3.63, 3.8) is 0 Å². The molecule has 0 saturated heterocycles. The normalized spacial score (nSPS) is 9.94. The van der Waals surface area contributed by atoms with Crippen molar-refractivity contribution in [2.24, 2.45) is 0 Å². The van der Waals surface area contributed by atoms with Crippen LogP contribution in [0.3, 0.4) is 0 Å². The summed E-state index contributed by atoms with van der Waals surface area (Å²) in [5.41, 5.74) is 1.52.